The summed E-state index contributed by atoms with van der Waals surface area (Å²) < 4.78 is 0. The maximum absolute atomic E-state index is 12.4. The second kappa shape index (κ2) is 4.50. The van der Waals surface area contributed by atoms with Crippen molar-refractivity contribution in [2.45, 2.75) is 20.8 Å². The van der Waals surface area contributed by atoms with E-state index in [1.54, 1.807) is 51.1 Å². The van der Waals surface area contributed by atoms with Crippen molar-refractivity contribution in [3.8, 4) is 0 Å². The molecule has 1 aliphatic rings. The highest BCUT2D eigenvalue weighted by Gasteiger charge is 2.47. The molecule has 0 aromatic heterocycles. The van der Waals surface area contributed by atoms with Gasteiger partial charge in [-0.15, -0.1) is 0 Å². The second-order valence-electron chi connectivity index (χ2n) is 5.60. The molecule has 1 unspecified atom stereocenters. The summed E-state index contributed by atoms with van der Waals surface area (Å²) in [6.07, 6.45) is 0. The topological polar surface area (TPSA) is 66.5 Å². The maximum atomic E-state index is 12.4. The Morgan fingerprint density at radius 1 is 1.05 bits per heavy atom. The molecule has 5 heteroatoms. The molecule has 19 heavy (non-hydrogen) atoms. The summed E-state index contributed by atoms with van der Waals surface area (Å²) in [6.45, 7) is 5.40. The molecule has 0 bridgehead atoms. The molecule has 1 atom stereocenters. The summed E-state index contributed by atoms with van der Waals surface area (Å²) in [5.74, 6) is -1.88. The summed E-state index contributed by atoms with van der Waals surface area (Å²) in [6, 6.07) is 7.89. The molecule has 100 valence electrons. The summed E-state index contributed by atoms with van der Waals surface area (Å²) >= 11 is 0. The third-order valence-electron chi connectivity index (χ3n) is 3.04. The molecule has 0 saturated carbocycles. The minimum absolute atomic E-state index is 0.465. The lowest BCUT2D eigenvalue weighted by molar-refractivity contribution is -0.138. The number of nitrogens with one attached hydrogen (secondary N) is 1. The molecule has 1 fully saturated rings. The highest BCUT2D eigenvalue weighted by atomic mass is 16.2. The Balaban J connectivity index is 2.43. The van der Waals surface area contributed by atoms with Crippen molar-refractivity contribution in [1.29, 1.82) is 0 Å². The molecule has 0 spiro atoms. The molecule has 1 saturated heterocycles. The number of nitrogens with zero attached hydrogens (tertiary/aromatic N) is 1. The predicted molar refractivity (Wildman–Crippen MR) is 70.4 cm³/mol. The van der Waals surface area contributed by atoms with Gasteiger partial charge in [-0.3, -0.25) is 14.9 Å². The van der Waals surface area contributed by atoms with E-state index in [-0.39, 0.29) is 0 Å². The van der Waals surface area contributed by atoms with Crippen LogP contribution in [0.2, 0.25) is 0 Å². The van der Waals surface area contributed by atoms with Crippen LogP contribution in [0.25, 0.3) is 0 Å². The Morgan fingerprint density at radius 3 is 2.16 bits per heavy atom. The van der Waals surface area contributed by atoms with Gasteiger partial charge in [0.05, 0.1) is 5.69 Å². The van der Waals surface area contributed by atoms with Gasteiger partial charge in [0.1, 0.15) is 5.92 Å². The van der Waals surface area contributed by atoms with Crippen LogP contribution in [0.15, 0.2) is 30.3 Å². The molecular formula is C14H16N2O3. The van der Waals surface area contributed by atoms with Crippen molar-refractivity contribution >= 4 is 23.5 Å². The van der Waals surface area contributed by atoms with Gasteiger partial charge < -0.3 is 0 Å². The van der Waals surface area contributed by atoms with E-state index in [0.29, 0.717) is 5.69 Å². The number of barbiturate groups is 1. The average Bonchev–Trinajstić information content (AvgIpc) is 2.27. The molecule has 1 N–H and O–H groups in total. The number of amides is 4. The fourth-order valence-corrected chi connectivity index (χ4v) is 2.16. The van der Waals surface area contributed by atoms with E-state index < -0.39 is 29.2 Å². The van der Waals surface area contributed by atoms with E-state index >= 15 is 0 Å². The first-order valence-electron chi connectivity index (χ1n) is 6.06. The molecule has 4 amide bonds. The molecule has 5 nitrogen and oxygen atoms in total. The van der Waals surface area contributed by atoms with Gasteiger partial charge in [-0.05, 0) is 17.5 Å². The minimum Gasteiger partial charge on any atom is -0.277 e. The van der Waals surface area contributed by atoms with Gasteiger partial charge in [-0.2, -0.15) is 0 Å². The van der Waals surface area contributed by atoms with Gasteiger partial charge in [-0.25, -0.2) is 9.69 Å². The van der Waals surface area contributed by atoms with Crippen molar-refractivity contribution in [2.24, 2.45) is 11.3 Å². The number of hydrogen-bond acceptors (Lipinski definition) is 3. The van der Waals surface area contributed by atoms with E-state index in [2.05, 4.69) is 5.32 Å². The number of urea groups is 1. The van der Waals surface area contributed by atoms with Crippen LogP contribution >= 0.6 is 0 Å². The number of rotatable bonds is 1. The third-order valence-corrected chi connectivity index (χ3v) is 3.04. The molecule has 2 rings (SSSR count). The van der Waals surface area contributed by atoms with Gasteiger partial charge in [-0.1, -0.05) is 39.0 Å². The van der Waals surface area contributed by atoms with Crippen LogP contribution < -0.4 is 10.2 Å². The van der Waals surface area contributed by atoms with Gasteiger partial charge in [0, 0.05) is 0 Å². The van der Waals surface area contributed by atoms with Crippen LogP contribution in [0.4, 0.5) is 10.5 Å². The number of imide groups is 2. The van der Waals surface area contributed by atoms with Crippen LogP contribution in [0.5, 0.6) is 0 Å². The average molecular weight is 260 g/mol. The summed E-state index contributed by atoms with van der Waals surface area (Å²) in [5.41, 5.74) is -0.0821. The molecular weight excluding hydrogens is 244 g/mol. The van der Waals surface area contributed by atoms with E-state index in [1.165, 1.54) is 0 Å². The standard InChI is InChI=1S/C14H16N2O3/c1-14(2,3)10-11(17)15-13(19)16(12(10)18)9-7-5-4-6-8-9/h4-8,10H,1-3H3,(H,15,17,19). The highest BCUT2D eigenvalue weighted by molar-refractivity contribution is 6.27. The van der Waals surface area contributed by atoms with Crippen LogP contribution in [0, 0.1) is 11.3 Å². The summed E-state index contributed by atoms with van der Waals surface area (Å²) in [5, 5.41) is 2.24. The highest BCUT2D eigenvalue weighted by Crippen LogP contribution is 2.32. The molecule has 0 aliphatic carbocycles. The van der Waals surface area contributed by atoms with Crippen molar-refractivity contribution in [3.63, 3.8) is 0 Å². The fourth-order valence-electron chi connectivity index (χ4n) is 2.16. The Labute approximate surface area is 111 Å². The zero-order valence-electron chi connectivity index (χ0n) is 11.1. The Kier molecular flexibility index (Phi) is 3.14. The van der Waals surface area contributed by atoms with Crippen LogP contribution in [-0.4, -0.2) is 17.8 Å². The number of anilines is 1. The first kappa shape index (κ1) is 13.3. The molecule has 1 aromatic carbocycles. The van der Waals surface area contributed by atoms with Gasteiger partial charge >= 0.3 is 6.03 Å². The van der Waals surface area contributed by atoms with Crippen molar-refractivity contribution in [1.82, 2.24) is 5.32 Å². The van der Waals surface area contributed by atoms with Gasteiger partial charge in [0.15, 0.2) is 0 Å². The number of carbonyl (C=O) groups is 3. The molecule has 1 aliphatic heterocycles. The lowest BCUT2D eigenvalue weighted by atomic mass is 9.78. The lowest BCUT2D eigenvalue weighted by Crippen LogP contribution is -2.61. The molecule has 1 aromatic rings. The van der Waals surface area contributed by atoms with Gasteiger partial charge in [0.25, 0.3) is 0 Å². The second-order valence-corrected chi connectivity index (χ2v) is 5.60. The summed E-state index contributed by atoms with van der Waals surface area (Å²) in [7, 11) is 0. The van der Waals surface area contributed by atoms with E-state index in [1.807, 2.05) is 0 Å². The van der Waals surface area contributed by atoms with E-state index in [4.69, 9.17) is 0 Å². The maximum Gasteiger partial charge on any atom is 0.335 e. The number of para-hydroxylation sites is 1. The number of hydrogen-bond donors (Lipinski definition) is 1. The molecule has 0 radical (unpaired) electrons. The van der Waals surface area contributed by atoms with Gasteiger partial charge in [0.2, 0.25) is 11.8 Å². The predicted octanol–water partition coefficient (Wildman–Crippen LogP) is 1.93. The van der Waals surface area contributed by atoms with Crippen molar-refractivity contribution < 1.29 is 14.4 Å². The van der Waals surface area contributed by atoms with Crippen LogP contribution in [-0.2, 0) is 9.59 Å². The molecule has 1 heterocycles. The monoisotopic (exact) mass is 260 g/mol. The largest absolute Gasteiger partial charge is 0.335 e. The first-order chi connectivity index (χ1) is 8.82. The quantitative estimate of drug-likeness (QED) is 0.784. The Hall–Kier alpha value is -2.17. The Morgan fingerprint density at radius 2 is 1.63 bits per heavy atom. The minimum atomic E-state index is -0.870. The number of carbonyl (C=O) groups excluding carboxylic acids is 3. The fraction of sp³-hybridized carbons (Fsp3) is 0.357. The number of benzene rings is 1. The first-order valence-corrected chi connectivity index (χ1v) is 6.06. The summed E-state index contributed by atoms with van der Waals surface area (Å²) in [4.78, 5) is 37.2. The van der Waals surface area contributed by atoms with Crippen molar-refractivity contribution in [3.05, 3.63) is 30.3 Å². The van der Waals surface area contributed by atoms with Crippen LogP contribution in [0.1, 0.15) is 20.8 Å². The normalized spacial score (nSPS) is 20.5. The van der Waals surface area contributed by atoms with Crippen molar-refractivity contribution in [2.75, 3.05) is 4.90 Å². The van der Waals surface area contributed by atoms with E-state index in [0.717, 1.165) is 4.90 Å². The smallest absolute Gasteiger partial charge is 0.277 e. The SMILES string of the molecule is CC(C)(C)C1C(=O)NC(=O)N(c2ccccc2)C1=O. The van der Waals surface area contributed by atoms with E-state index in [9.17, 15) is 14.4 Å². The Bertz CT molecular complexity index is 531. The van der Waals surface area contributed by atoms with Crippen LogP contribution in [0.3, 0.4) is 0 Å². The third kappa shape index (κ3) is 2.36. The zero-order chi connectivity index (χ0) is 14.2. The lowest BCUT2D eigenvalue weighted by Gasteiger charge is -2.36. The zero-order valence-corrected chi connectivity index (χ0v) is 11.1.